The number of aryl methyl sites for hydroxylation is 2. The van der Waals surface area contributed by atoms with Crippen LogP contribution in [-0.4, -0.2) is 5.78 Å². The third kappa shape index (κ3) is 2.16. The minimum atomic E-state index is 0.0804. The van der Waals surface area contributed by atoms with Crippen LogP contribution in [0.15, 0.2) is 21.0 Å². The van der Waals surface area contributed by atoms with E-state index in [4.69, 9.17) is 4.42 Å². The van der Waals surface area contributed by atoms with Crippen molar-refractivity contribution >= 4 is 32.7 Å². The highest BCUT2D eigenvalue weighted by Crippen LogP contribution is 2.31. The van der Waals surface area contributed by atoms with Crippen LogP contribution in [0.4, 0.5) is 0 Å². The zero-order valence-electron chi connectivity index (χ0n) is 10.3. The van der Waals surface area contributed by atoms with Crippen molar-refractivity contribution in [1.29, 1.82) is 0 Å². The summed E-state index contributed by atoms with van der Waals surface area (Å²) >= 11 is 3.55. The number of carbonyl (C=O) groups excluding carboxylic acids is 1. The van der Waals surface area contributed by atoms with E-state index >= 15 is 0 Å². The molecule has 0 unspecified atom stereocenters. The van der Waals surface area contributed by atoms with Gasteiger partial charge in [0.1, 0.15) is 5.58 Å². The lowest BCUT2D eigenvalue weighted by molar-refractivity contribution is 0.0957. The van der Waals surface area contributed by atoms with Crippen LogP contribution >= 0.6 is 15.9 Å². The predicted molar refractivity (Wildman–Crippen MR) is 72.6 cm³/mol. The van der Waals surface area contributed by atoms with E-state index in [1.54, 1.807) is 0 Å². The second-order valence-corrected chi connectivity index (χ2v) is 5.12. The summed E-state index contributed by atoms with van der Waals surface area (Å²) in [5.74, 6) is 0.555. The van der Waals surface area contributed by atoms with Crippen molar-refractivity contribution in [2.75, 3.05) is 0 Å². The minimum absolute atomic E-state index is 0.0804. The van der Waals surface area contributed by atoms with Gasteiger partial charge in [-0.25, -0.2) is 0 Å². The first-order chi connectivity index (χ1) is 8.04. The Morgan fingerprint density at radius 1 is 1.35 bits per heavy atom. The Bertz CT molecular complexity index is 581. The largest absolute Gasteiger partial charge is 0.453 e. The summed E-state index contributed by atoms with van der Waals surface area (Å²) < 4.78 is 6.71. The van der Waals surface area contributed by atoms with Crippen LogP contribution < -0.4 is 0 Å². The van der Waals surface area contributed by atoms with Gasteiger partial charge in [-0.2, -0.15) is 0 Å². The van der Waals surface area contributed by atoms with Crippen LogP contribution in [-0.2, 0) is 0 Å². The molecule has 0 N–H and O–H groups in total. The van der Waals surface area contributed by atoms with E-state index in [0.717, 1.165) is 33.0 Å². The molecule has 2 aromatic rings. The Morgan fingerprint density at radius 3 is 2.71 bits per heavy atom. The lowest BCUT2D eigenvalue weighted by atomic mass is 10.1. The van der Waals surface area contributed by atoms with Crippen LogP contribution in [0.5, 0.6) is 0 Å². The third-order valence-electron chi connectivity index (χ3n) is 2.94. The van der Waals surface area contributed by atoms with E-state index in [2.05, 4.69) is 15.9 Å². The maximum absolute atomic E-state index is 11.8. The standard InChI is InChI=1S/C14H15BrO2/c1-4-5-11(16)13-7-10-9(3)14(15)8(2)6-12(10)17-13/h6-7H,4-5H2,1-3H3. The summed E-state index contributed by atoms with van der Waals surface area (Å²) in [5.41, 5.74) is 3.04. The number of halogens is 1. The van der Waals surface area contributed by atoms with Crippen molar-refractivity contribution in [3.63, 3.8) is 0 Å². The summed E-state index contributed by atoms with van der Waals surface area (Å²) in [4.78, 5) is 11.8. The molecule has 90 valence electrons. The Morgan fingerprint density at radius 2 is 2.06 bits per heavy atom. The van der Waals surface area contributed by atoms with Gasteiger partial charge in [0.15, 0.2) is 11.5 Å². The van der Waals surface area contributed by atoms with Crippen LogP contribution in [0.1, 0.15) is 41.4 Å². The average Bonchev–Trinajstić information content (AvgIpc) is 2.70. The van der Waals surface area contributed by atoms with Crippen LogP contribution in [0.3, 0.4) is 0 Å². The molecule has 0 aliphatic rings. The maximum atomic E-state index is 11.8. The van der Waals surface area contributed by atoms with Crippen LogP contribution in [0.25, 0.3) is 11.0 Å². The molecule has 0 amide bonds. The number of benzene rings is 1. The van der Waals surface area contributed by atoms with Crippen LogP contribution in [0, 0.1) is 13.8 Å². The summed E-state index contributed by atoms with van der Waals surface area (Å²) in [7, 11) is 0. The molecule has 0 saturated carbocycles. The van der Waals surface area contributed by atoms with Gasteiger partial charge in [-0.15, -0.1) is 0 Å². The van der Waals surface area contributed by atoms with Gasteiger partial charge in [0.25, 0.3) is 0 Å². The van der Waals surface area contributed by atoms with Gasteiger partial charge in [-0.1, -0.05) is 22.9 Å². The number of hydrogen-bond acceptors (Lipinski definition) is 2. The zero-order valence-corrected chi connectivity index (χ0v) is 11.8. The van der Waals surface area contributed by atoms with Crippen LogP contribution in [0.2, 0.25) is 0 Å². The highest BCUT2D eigenvalue weighted by atomic mass is 79.9. The molecule has 0 saturated heterocycles. The van der Waals surface area contributed by atoms with Gasteiger partial charge < -0.3 is 4.42 Å². The zero-order chi connectivity index (χ0) is 12.6. The molecule has 0 atom stereocenters. The first kappa shape index (κ1) is 12.4. The van der Waals surface area contributed by atoms with Crippen molar-refractivity contribution in [3.05, 3.63) is 33.5 Å². The maximum Gasteiger partial charge on any atom is 0.198 e. The fourth-order valence-corrected chi connectivity index (χ4v) is 2.30. The van der Waals surface area contributed by atoms with Gasteiger partial charge in [-0.3, -0.25) is 4.79 Å². The molecular formula is C14H15BrO2. The molecule has 0 radical (unpaired) electrons. The molecule has 0 bridgehead atoms. The summed E-state index contributed by atoms with van der Waals surface area (Å²) in [5, 5.41) is 1.02. The molecule has 17 heavy (non-hydrogen) atoms. The molecule has 2 nitrogen and oxygen atoms in total. The van der Waals surface area contributed by atoms with E-state index in [9.17, 15) is 4.79 Å². The number of Topliss-reactive ketones (excluding diaryl/α,β-unsaturated/α-hetero) is 1. The second-order valence-electron chi connectivity index (χ2n) is 4.33. The summed E-state index contributed by atoms with van der Waals surface area (Å²) in [6, 6.07) is 3.82. The van der Waals surface area contributed by atoms with Gasteiger partial charge in [0, 0.05) is 16.3 Å². The number of carbonyl (C=O) groups is 1. The molecule has 0 aliphatic heterocycles. The van der Waals surface area contributed by atoms with Crippen molar-refractivity contribution in [3.8, 4) is 0 Å². The Hall–Kier alpha value is -1.09. The monoisotopic (exact) mass is 294 g/mol. The smallest absolute Gasteiger partial charge is 0.198 e. The second kappa shape index (κ2) is 4.65. The number of furan rings is 1. The highest BCUT2D eigenvalue weighted by molar-refractivity contribution is 9.10. The normalized spacial score (nSPS) is 11.1. The molecule has 1 aromatic carbocycles. The third-order valence-corrected chi connectivity index (χ3v) is 4.16. The molecule has 0 spiro atoms. The van der Waals surface area contributed by atoms with E-state index in [1.807, 2.05) is 32.9 Å². The Labute approximate surface area is 109 Å². The topological polar surface area (TPSA) is 30.2 Å². The quantitative estimate of drug-likeness (QED) is 0.762. The summed E-state index contributed by atoms with van der Waals surface area (Å²) in [6.07, 6.45) is 1.39. The Kier molecular flexibility index (Phi) is 3.38. The van der Waals surface area contributed by atoms with E-state index < -0.39 is 0 Å². The van der Waals surface area contributed by atoms with Crippen molar-refractivity contribution < 1.29 is 9.21 Å². The summed E-state index contributed by atoms with van der Waals surface area (Å²) in [6.45, 7) is 6.04. The van der Waals surface area contributed by atoms with Crippen molar-refractivity contribution in [2.24, 2.45) is 0 Å². The van der Waals surface area contributed by atoms with Crippen molar-refractivity contribution in [2.45, 2.75) is 33.6 Å². The number of hydrogen-bond donors (Lipinski definition) is 0. The number of fused-ring (bicyclic) bond motifs is 1. The molecule has 2 rings (SSSR count). The number of ketones is 1. The number of rotatable bonds is 3. The van der Waals surface area contributed by atoms with E-state index in [1.165, 1.54) is 0 Å². The van der Waals surface area contributed by atoms with Gasteiger partial charge in [0.2, 0.25) is 0 Å². The Balaban J connectivity index is 2.58. The van der Waals surface area contributed by atoms with E-state index in [-0.39, 0.29) is 5.78 Å². The molecule has 1 aromatic heterocycles. The first-order valence-corrected chi connectivity index (χ1v) is 6.56. The van der Waals surface area contributed by atoms with Gasteiger partial charge in [-0.05, 0) is 43.5 Å². The lowest BCUT2D eigenvalue weighted by Gasteiger charge is -2.02. The highest BCUT2D eigenvalue weighted by Gasteiger charge is 2.14. The molecular weight excluding hydrogens is 280 g/mol. The van der Waals surface area contributed by atoms with Gasteiger partial charge in [0.05, 0.1) is 0 Å². The minimum Gasteiger partial charge on any atom is -0.453 e. The first-order valence-electron chi connectivity index (χ1n) is 5.77. The fourth-order valence-electron chi connectivity index (χ4n) is 1.97. The van der Waals surface area contributed by atoms with Gasteiger partial charge >= 0.3 is 0 Å². The molecule has 0 aliphatic carbocycles. The van der Waals surface area contributed by atoms with E-state index in [0.29, 0.717) is 12.2 Å². The van der Waals surface area contributed by atoms with Crippen molar-refractivity contribution in [1.82, 2.24) is 0 Å². The lowest BCUT2D eigenvalue weighted by Crippen LogP contribution is -1.94. The molecule has 0 fully saturated rings. The average molecular weight is 295 g/mol. The molecule has 3 heteroatoms. The fraction of sp³-hybridized carbons (Fsp3) is 0.357. The predicted octanol–water partition coefficient (Wildman–Crippen LogP) is 4.79. The SMILES string of the molecule is CCCC(=O)c1cc2c(C)c(Br)c(C)cc2o1. The molecule has 1 heterocycles.